The summed E-state index contributed by atoms with van der Waals surface area (Å²) in [5, 5.41) is 9.49. The van der Waals surface area contributed by atoms with Gasteiger partial charge in [-0.05, 0) is 57.4 Å². The quantitative estimate of drug-likeness (QED) is 0.749. The molecule has 1 aromatic rings. The lowest BCUT2D eigenvalue weighted by Gasteiger charge is -2.28. The van der Waals surface area contributed by atoms with Crippen molar-refractivity contribution in [2.24, 2.45) is 5.92 Å². The van der Waals surface area contributed by atoms with Crippen LogP contribution in [0, 0.1) is 5.92 Å². The average molecular weight is 380 g/mol. The molecule has 0 spiro atoms. The Morgan fingerprint density at radius 3 is 2.62 bits per heavy atom. The monoisotopic (exact) mass is 379 g/mol. The van der Waals surface area contributed by atoms with Gasteiger partial charge in [0.05, 0.1) is 0 Å². The van der Waals surface area contributed by atoms with Gasteiger partial charge in [0.25, 0.3) is 5.91 Å². The molecule has 6 heteroatoms. The smallest absolute Gasteiger partial charge is 0.251 e. The standard InChI is InChI=1S/C20H29N3O2.ClH/c1-14-12-18(10-11-21-14)23-20(25)16-8-5-9-17(13-16)22-19(24)15-6-3-2-4-7-15;/h5,8-9,13-15,18,21H,2-4,6-7,10-12H2,1H3,(H,22,24)(H,23,25);1H. The molecular weight excluding hydrogens is 350 g/mol. The Hall–Kier alpha value is -1.59. The number of nitrogens with one attached hydrogen (secondary N) is 3. The van der Waals surface area contributed by atoms with Crippen LogP contribution in [0.3, 0.4) is 0 Å². The summed E-state index contributed by atoms with van der Waals surface area (Å²) in [5.74, 6) is 0.139. The molecule has 1 saturated heterocycles. The van der Waals surface area contributed by atoms with E-state index in [-0.39, 0.29) is 36.2 Å². The maximum absolute atomic E-state index is 12.5. The number of halogens is 1. The number of piperidine rings is 1. The van der Waals surface area contributed by atoms with Gasteiger partial charge >= 0.3 is 0 Å². The molecule has 26 heavy (non-hydrogen) atoms. The van der Waals surface area contributed by atoms with Gasteiger partial charge in [-0.15, -0.1) is 12.4 Å². The number of rotatable bonds is 4. The van der Waals surface area contributed by atoms with Crippen molar-refractivity contribution in [3.63, 3.8) is 0 Å². The molecule has 2 atom stereocenters. The fourth-order valence-electron chi connectivity index (χ4n) is 3.88. The van der Waals surface area contributed by atoms with E-state index >= 15 is 0 Å². The third-order valence-corrected chi connectivity index (χ3v) is 5.33. The molecule has 0 bridgehead atoms. The Labute approximate surface area is 162 Å². The maximum Gasteiger partial charge on any atom is 0.251 e. The molecule has 2 amide bonds. The Kier molecular flexibility index (Phi) is 7.91. The molecule has 1 heterocycles. The van der Waals surface area contributed by atoms with Crippen LogP contribution in [-0.4, -0.2) is 30.4 Å². The molecule has 0 aromatic heterocycles. The van der Waals surface area contributed by atoms with Crippen molar-refractivity contribution in [1.82, 2.24) is 10.6 Å². The van der Waals surface area contributed by atoms with Gasteiger partial charge in [-0.1, -0.05) is 25.3 Å². The van der Waals surface area contributed by atoms with Crippen LogP contribution in [0.1, 0.15) is 62.2 Å². The zero-order chi connectivity index (χ0) is 17.6. The number of hydrogen-bond donors (Lipinski definition) is 3. The van der Waals surface area contributed by atoms with E-state index in [2.05, 4.69) is 22.9 Å². The maximum atomic E-state index is 12.5. The van der Waals surface area contributed by atoms with Crippen LogP contribution < -0.4 is 16.0 Å². The largest absolute Gasteiger partial charge is 0.349 e. The van der Waals surface area contributed by atoms with Gasteiger partial charge in [-0.2, -0.15) is 0 Å². The van der Waals surface area contributed by atoms with Gasteiger partial charge in [-0.25, -0.2) is 0 Å². The first-order valence-electron chi connectivity index (χ1n) is 9.57. The van der Waals surface area contributed by atoms with Crippen molar-refractivity contribution in [2.75, 3.05) is 11.9 Å². The zero-order valence-corrected chi connectivity index (χ0v) is 16.2. The molecule has 1 aromatic carbocycles. The third-order valence-electron chi connectivity index (χ3n) is 5.33. The predicted molar refractivity (Wildman–Crippen MR) is 107 cm³/mol. The van der Waals surface area contributed by atoms with Gasteiger partial charge in [0, 0.05) is 29.3 Å². The van der Waals surface area contributed by atoms with Crippen LogP contribution in [0.25, 0.3) is 0 Å². The number of carbonyl (C=O) groups is 2. The highest BCUT2D eigenvalue weighted by atomic mass is 35.5. The molecule has 3 N–H and O–H groups in total. The number of benzene rings is 1. The van der Waals surface area contributed by atoms with Crippen LogP contribution in [-0.2, 0) is 4.79 Å². The Bertz CT molecular complexity index is 617. The molecule has 1 aliphatic carbocycles. The number of hydrogen-bond acceptors (Lipinski definition) is 3. The molecule has 5 nitrogen and oxygen atoms in total. The highest BCUT2D eigenvalue weighted by Gasteiger charge is 2.22. The van der Waals surface area contributed by atoms with E-state index in [4.69, 9.17) is 0 Å². The second-order valence-corrected chi connectivity index (χ2v) is 7.45. The van der Waals surface area contributed by atoms with Crippen molar-refractivity contribution in [2.45, 2.75) is 64.0 Å². The van der Waals surface area contributed by atoms with E-state index in [1.807, 2.05) is 12.1 Å². The topological polar surface area (TPSA) is 70.2 Å². The van der Waals surface area contributed by atoms with Crippen LogP contribution in [0.5, 0.6) is 0 Å². The summed E-state index contributed by atoms with van der Waals surface area (Å²) in [7, 11) is 0. The fraction of sp³-hybridized carbons (Fsp3) is 0.600. The summed E-state index contributed by atoms with van der Waals surface area (Å²) in [4.78, 5) is 24.9. The second-order valence-electron chi connectivity index (χ2n) is 7.45. The normalized spacial score (nSPS) is 23.6. The first-order chi connectivity index (χ1) is 12.1. The molecule has 2 unspecified atom stereocenters. The first kappa shape index (κ1) is 20.7. The van der Waals surface area contributed by atoms with Gasteiger partial charge in [0.15, 0.2) is 0 Å². The molecule has 2 aliphatic rings. The van der Waals surface area contributed by atoms with E-state index in [0.717, 1.165) is 45.1 Å². The lowest BCUT2D eigenvalue weighted by Crippen LogP contribution is -2.46. The minimum Gasteiger partial charge on any atom is -0.349 e. The number of amides is 2. The van der Waals surface area contributed by atoms with Gasteiger partial charge < -0.3 is 16.0 Å². The lowest BCUT2D eigenvalue weighted by molar-refractivity contribution is -0.120. The molecule has 3 rings (SSSR count). The summed E-state index contributed by atoms with van der Waals surface area (Å²) in [6.45, 7) is 3.07. The van der Waals surface area contributed by atoms with E-state index < -0.39 is 0 Å². The molecule has 0 radical (unpaired) electrons. The van der Waals surface area contributed by atoms with Crippen molar-refractivity contribution < 1.29 is 9.59 Å². The summed E-state index contributed by atoms with van der Waals surface area (Å²) in [6.07, 6.45) is 7.34. The molecule has 1 saturated carbocycles. The average Bonchev–Trinajstić information content (AvgIpc) is 2.62. The van der Waals surface area contributed by atoms with Gasteiger partial charge in [0.1, 0.15) is 0 Å². The summed E-state index contributed by atoms with van der Waals surface area (Å²) < 4.78 is 0. The minimum absolute atomic E-state index is 0. The van der Waals surface area contributed by atoms with Crippen LogP contribution in [0.15, 0.2) is 24.3 Å². The van der Waals surface area contributed by atoms with Crippen molar-refractivity contribution in [1.29, 1.82) is 0 Å². The summed E-state index contributed by atoms with van der Waals surface area (Å²) >= 11 is 0. The van der Waals surface area contributed by atoms with Gasteiger partial charge in [-0.3, -0.25) is 9.59 Å². The molecule has 144 valence electrons. The first-order valence-corrected chi connectivity index (χ1v) is 9.57. The van der Waals surface area contributed by atoms with Crippen molar-refractivity contribution in [3.8, 4) is 0 Å². The summed E-state index contributed by atoms with van der Waals surface area (Å²) in [6, 6.07) is 7.90. The van der Waals surface area contributed by atoms with Crippen LogP contribution >= 0.6 is 12.4 Å². The van der Waals surface area contributed by atoms with Crippen molar-refractivity contribution in [3.05, 3.63) is 29.8 Å². The molecule has 2 fully saturated rings. The Morgan fingerprint density at radius 1 is 1.12 bits per heavy atom. The fourth-order valence-corrected chi connectivity index (χ4v) is 3.88. The van der Waals surface area contributed by atoms with E-state index in [9.17, 15) is 9.59 Å². The minimum atomic E-state index is -0.0622. The van der Waals surface area contributed by atoms with E-state index in [0.29, 0.717) is 17.3 Å². The van der Waals surface area contributed by atoms with Crippen LogP contribution in [0.4, 0.5) is 5.69 Å². The third kappa shape index (κ3) is 5.71. The van der Waals surface area contributed by atoms with Crippen molar-refractivity contribution >= 4 is 29.9 Å². The van der Waals surface area contributed by atoms with E-state index in [1.54, 1.807) is 12.1 Å². The molecule has 1 aliphatic heterocycles. The summed E-state index contributed by atoms with van der Waals surface area (Å²) in [5.41, 5.74) is 1.31. The van der Waals surface area contributed by atoms with Gasteiger partial charge in [0.2, 0.25) is 5.91 Å². The van der Waals surface area contributed by atoms with E-state index in [1.165, 1.54) is 6.42 Å². The number of anilines is 1. The Balaban J connectivity index is 0.00000243. The number of carbonyl (C=O) groups excluding carboxylic acids is 2. The lowest BCUT2D eigenvalue weighted by atomic mass is 9.88. The highest BCUT2D eigenvalue weighted by molar-refractivity contribution is 5.97. The SMILES string of the molecule is CC1CC(NC(=O)c2cccc(NC(=O)C3CCCCC3)c2)CCN1.Cl. The Morgan fingerprint density at radius 2 is 1.88 bits per heavy atom. The molecular formula is C20H30ClN3O2. The second kappa shape index (κ2) is 9.93. The zero-order valence-electron chi connectivity index (χ0n) is 15.4. The predicted octanol–water partition coefficient (Wildman–Crippen LogP) is 3.50. The highest BCUT2D eigenvalue weighted by Crippen LogP contribution is 2.25. The van der Waals surface area contributed by atoms with Crippen LogP contribution in [0.2, 0.25) is 0 Å².